The lowest BCUT2D eigenvalue weighted by Gasteiger charge is -2.22. The minimum absolute atomic E-state index is 0.266. The Morgan fingerprint density at radius 3 is 1.53 bits per heavy atom. The predicted molar refractivity (Wildman–Crippen MR) is 190 cm³/mol. The Kier molecular flexibility index (Phi) is 30.1. The van der Waals surface area contributed by atoms with E-state index in [4.69, 9.17) is 0 Å². The third-order valence-electron chi connectivity index (χ3n) is 8.15. The van der Waals surface area contributed by atoms with Crippen LogP contribution in [0.25, 0.3) is 0 Å². The molecule has 0 aromatic carbocycles. The van der Waals surface area contributed by atoms with Gasteiger partial charge in [-0.25, -0.2) is 0 Å². The van der Waals surface area contributed by atoms with E-state index in [9.17, 15) is 28.0 Å². The van der Waals surface area contributed by atoms with Crippen LogP contribution < -0.4 is 5.32 Å². The van der Waals surface area contributed by atoms with E-state index in [2.05, 4.69) is 43.5 Å². The molecule has 0 bridgehead atoms. The molecule has 0 aliphatic heterocycles. The topological polar surface area (TPSA) is 124 Å². The van der Waals surface area contributed by atoms with Gasteiger partial charge >= 0.3 is 0 Å². The highest BCUT2D eigenvalue weighted by Gasteiger charge is 2.27. The van der Waals surface area contributed by atoms with Crippen molar-refractivity contribution in [3.63, 3.8) is 0 Å². The Balaban J connectivity index is 4.00. The van der Waals surface area contributed by atoms with E-state index in [1.54, 1.807) is 6.08 Å². The molecule has 0 saturated carbocycles. The van der Waals surface area contributed by atoms with Crippen LogP contribution in [0, 0.1) is 0 Å². The number of allylic oxidation sites excluding steroid dienone is 5. The fourth-order valence-electron chi connectivity index (χ4n) is 5.27. The van der Waals surface area contributed by atoms with Gasteiger partial charge in [-0.15, -0.1) is 0 Å². The van der Waals surface area contributed by atoms with Crippen LogP contribution in [0.5, 0.6) is 0 Å². The van der Waals surface area contributed by atoms with Crippen LogP contribution in [-0.4, -0.2) is 53.1 Å². The van der Waals surface area contributed by atoms with Gasteiger partial charge in [-0.3, -0.25) is 9.35 Å². The number of aliphatic hydroxyl groups excluding tert-OH is 2. The van der Waals surface area contributed by atoms with Crippen molar-refractivity contribution in [3.8, 4) is 0 Å². The number of hydrogen-bond acceptors (Lipinski definition) is 5. The number of amides is 1. The zero-order valence-corrected chi connectivity index (χ0v) is 29.7. The Hall–Kier alpha value is -1.48. The summed E-state index contributed by atoms with van der Waals surface area (Å²) >= 11 is 0. The van der Waals surface area contributed by atoms with E-state index in [0.29, 0.717) is 12.8 Å². The number of carbonyl (C=O) groups is 1. The van der Waals surface area contributed by atoms with Gasteiger partial charge in [-0.05, 0) is 51.4 Å². The average molecular weight is 656 g/mol. The van der Waals surface area contributed by atoms with Gasteiger partial charge in [0.2, 0.25) is 5.91 Å². The van der Waals surface area contributed by atoms with E-state index >= 15 is 0 Å². The lowest BCUT2D eigenvalue weighted by Crippen LogP contribution is -2.50. The van der Waals surface area contributed by atoms with Crippen LogP contribution in [-0.2, 0) is 14.9 Å². The fraction of sp³-hybridized carbons (Fsp3) is 0.811. The van der Waals surface area contributed by atoms with Crippen molar-refractivity contribution in [2.75, 3.05) is 5.75 Å². The Labute approximate surface area is 277 Å². The molecule has 264 valence electrons. The largest absolute Gasteiger partial charge is 0.387 e. The van der Waals surface area contributed by atoms with Crippen LogP contribution in [0.1, 0.15) is 168 Å². The van der Waals surface area contributed by atoms with Gasteiger partial charge < -0.3 is 15.5 Å². The van der Waals surface area contributed by atoms with Gasteiger partial charge in [0, 0.05) is 0 Å². The summed E-state index contributed by atoms with van der Waals surface area (Å²) in [5, 5.41) is 23.2. The van der Waals surface area contributed by atoms with Crippen LogP contribution in [0.3, 0.4) is 0 Å². The number of rotatable bonds is 32. The summed E-state index contributed by atoms with van der Waals surface area (Å²) in [5.41, 5.74) is 0. The van der Waals surface area contributed by atoms with Gasteiger partial charge in [0.15, 0.2) is 0 Å². The maximum Gasteiger partial charge on any atom is 0.267 e. The first-order chi connectivity index (χ1) is 21.7. The van der Waals surface area contributed by atoms with Crippen LogP contribution in [0.4, 0.5) is 0 Å². The van der Waals surface area contributed by atoms with Crippen molar-refractivity contribution >= 4 is 16.0 Å². The molecule has 4 N–H and O–H groups in total. The first-order valence-corrected chi connectivity index (χ1v) is 19.9. The minimum Gasteiger partial charge on any atom is -0.387 e. The molecule has 0 aliphatic rings. The van der Waals surface area contributed by atoms with Crippen molar-refractivity contribution in [2.24, 2.45) is 0 Å². The highest BCUT2D eigenvalue weighted by atomic mass is 32.2. The molecule has 0 fully saturated rings. The summed E-state index contributed by atoms with van der Waals surface area (Å²) in [7, 11) is -4.44. The van der Waals surface area contributed by atoms with Crippen molar-refractivity contribution in [2.45, 2.75) is 186 Å². The summed E-state index contributed by atoms with van der Waals surface area (Å²) in [5.74, 6) is -1.57. The van der Waals surface area contributed by atoms with Gasteiger partial charge in [0.25, 0.3) is 10.1 Å². The first-order valence-electron chi connectivity index (χ1n) is 18.3. The van der Waals surface area contributed by atoms with Crippen molar-refractivity contribution in [1.29, 1.82) is 0 Å². The number of nitrogens with one attached hydrogen (secondary N) is 1. The monoisotopic (exact) mass is 655 g/mol. The van der Waals surface area contributed by atoms with Crippen LogP contribution >= 0.6 is 0 Å². The smallest absolute Gasteiger partial charge is 0.267 e. The molecular formula is C37H69NO6S. The molecular weight excluding hydrogens is 586 g/mol. The van der Waals surface area contributed by atoms with E-state index in [1.807, 2.05) is 0 Å². The normalized spacial score (nSPS) is 14.5. The molecule has 0 rings (SSSR count). The van der Waals surface area contributed by atoms with Crippen LogP contribution in [0.15, 0.2) is 36.5 Å². The van der Waals surface area contributed by atoms with E-state index in [-0.39, 0.29) is 6.42 Å². The average Bonchev–Trinajstić information content (AvgIpc) is 3.00. The van der Waals surface area contributed by atoms with Crippen LogP contribution in [0.2, 0.25) is 0 Å². The zero-order chi connectivity index (χ0) is 33.4. The molecule has 0 aromatic heterocycles. The highest BCUT2D eigenvalue weighted by molar-refractivity contribution is 7.85. The van der Waals surface area contributed by atoms with E-state index < -0.39 is 40.0 Å². The number of carbonyl (C=O) groups excluding carboxylic acids is 1. The lowest BCUT2D eigenvalue weighted by molar-refractivity contribution is -0.130. The first kappa shape index (κ1) is 43.5. The zero-order valence-electron chi connectivity index (χ0n) is 28.8. The Morgan fingerprint density at radius 2 is 1.02 bits per heavy atom. The van der Waals surface area contributed by atoms with Gasteiger partial charge in [0.1, 0.15) is 6.10 Å². The molecule has 45 heavy (non-hydrogen) atoms. The number of hydrogen-bond donors (Lipinski definition) is 4. The van der Waals surface area contributed by atoms with Gasteiger partial charge in [-0.1, -0.05) is 153 Å². The van der Waals surface area contributed by atoms with Crippen molar-refractivity contribution < 1.29 is 28.0 Å². The van der Waals surface area contributed by atoms with Gasteiger partial charge in [0.05, 0.1) is 17.9 Å². The second kappa shape index (κ2) is 31.1. The molecule has 1 amide bonds. The SMILES string of the molecule is CCCC/C=C/CC/C=C/C(O)C(CS(=O)(=O)O)NC(=O)C(O)CCCCCCCC/C=C\CCCCCCCCCCCC. The second-order valence-electron chi connectivity index (χ2n) is 12.6. The Morgan fingerprint density at radius 1 is 0.600 bits per heavy atom. The summed E-state index contributed by atoms with van der Waals surface area (Å²) < 4.78 is 32.2. The van der Waals surface area contributed by atoms with E-state index in [1.165, 1.54) is 89.5 Å². The molecule has 3 unspecified atom stereocenters. The minimum atomic E-state index is -4.44. The molecule has 3 atom stereocenters. The fourth-order valence-corrected chi connectivity index (χ4v) is 6.01. The van der Waals surface area contributed by atoms with Gasteiger partial charge in [-0.2, -0.15) is 8.42 Å². The molecule has 7 nitrogen and oxygen atoms in total. The maximum absolute atomic E-state index is 12.5. The van der Waals surface area contributed by atoms with Crippen molar-refractivity contribution in [1.82, 2.24) is 5.32 Å². The quantitative estimate of drug-likeness (QED) is 0.0326. The molecule has 8 heteroatoms. The third kappa shape index (κ3) is 30.9. The third-order valence-corrected chi connectivity index (χ3v) is 8.93. The predicted octanol–water partition coefficient (Wildman–Crippen LogP) is 9.15. The molecule has 0 spiro atoms. The molecule has 0 saturated heterocycles. The van der Waals surface area contributed by atoms with E-state index in [0.717, 1.165) is 51.4 Å². The molecule has 0 aliphatic carbocycles. The molecule has 0 heterocycles. The standard InChI is InChI=1S/C37H69NO6S/c1-3-5-7-9-11-13-14-15-16-17-18-19-20-21-22-23-24-26-28-30-32-36(40)37(41)38-34(33-45(42,43)44)35(39)31-29-27-25-12-10-8-6-4-2/h10,12,19-20,29,31,34-36,39-40H,3-9,11,13-18,21-28,30,32-33H2,1-2H3,(H,38,41)(H,42,43,44)/b12-10+,20-19-,31-29+. The molecule has 0 radical (unpaired) electrons. The summed E-state index contributed by atoms with van der Waals surface area (Å²) in [6.45, 7) is 4.40. The highest BCUT2D eigenvalue weighted by Crippen LogP contribution is 2.13. The summed E-state index contributed by atoms with van der Waals surface area (Å²) in [6.07, 6.45) is 36.6. The lowest BCUT2D eigenvalue weighted by atomic mass is 10.0. The van der Waals surface area contributed by atoms with Crippen molar-refractivity contribution in [3.05, 3.63) is 36.5 Å². The Bertz CT molecular complexity index is 870. The number of unbranched alkanes of at least 4 members (excludes halogenated alkanes) is 19. The maximum atomic E-state index is 12.5. The second-order valence-corrected chi connectivity index (χ2v) is 14.1. The number of aliphatic hydroxyl groups is 2. The summed E-state index contributed by atoms with van der Waals surface area (Å²) in [4.78, 5) is 12.5. The summed E-state index contributed by atoms with van der Waals surface area (Å²) in [6, 6.07) is -1.25. The molecule has 0 aromatic rings.